The standard InChI is InChI=1S/C13H11Cl2NO/c1-8-2-4-9(5-3-8)16-12-6-10(14)11(15)7-13(12)17/h2-7,16-17H,1H3. The van der Waals surface area contributed by atoms with E-state index in [0.29, 0.717) is 15.7 Å². The summed E-state index contributed by atoms with van der Waals surface area (Å²) in [5.74, 6) is 0.0694. The molecule has 0 aromatic heterocycles. The van der Waals surface area contributed by atoms with Gasteiger partial charge in [-0.05, 0) is 25.1 Å². The summed E-state index contributed by atoms with van der Waals surface area (Å²) in [6.07, 6.45) is 0. The molecule has 0 radical (unpaired) electrons. The van der Waals surface area contributed by atoms with E-state index in [1.54, 1.807) is 6.07 Å². The third-order valence-corrected chi connectivity index (χ3v) is 3.09. The lowest BCUT2D eigenvalue weighted by Gasteiger charge is -2.10. The molecule has 0 aliphatic carbocycles. The number of anilines is 2. The van der Waals surface area contributed by atoms with Crippen molar-refractivity contribution < 1.29 is 5.11 Å². The molecular formula is C13H11Cl2NO. The van der Waals surface area contributed by atoms with Crippen LogP contribution in [0.5, 0.6) is 5.75 Å². The van der Waals surface area contributed by atoms with Crippen molar-refractivity contribution >= 4 is 34.6 Å². The summed E-state index contributed by atoms with van der Waals surface area (Å²) in [5.41, 5.74) is 2.58. The van der Waals surface area contributed by atoms with Crippen LogP contribution in [0.15, 0.2) is 36.4 Å². The zero-order chi connectivity index (χ0) is 12.4. The molecule has 0 saturated carbocycles. The van der Waals surface area contributed by atoms with Crippen LogP contribution in [0.4, 0.5) is 11.4 Å². The summed E-state index contributed by atoms with van der Waals surface area (Å²) in [6.45, 7) is 2.01. The molecule has 0 spiro atoms. The second-order valence-electron chi connectivity index (χ2n) is 3.77. The van der Waals surface area contributed by atoms with Crippen LogP contribution in [0.2, 0.25) is 10.0 Å². The quantitative estimate of drug-likeness (QED) is 0.770. The van der Waals surface area contributed by atoms with Gasteiger partial charge in [-0.3, -0.25) is 0 Å². The van der Waals surface area contributed by atoms with Gasteiger partial charge in [-0.25, -0.2) is 0 Å². The SMILES string of the molecule is Cc1ccc(Nc2cc(Cl)c(Cl)cc2O)cc1. The van der Waals surface area contributed by atoms with E-state index in [1.165, 1.54) is 11.6 Å². The van der Waals surface area contributed by atoms with Crippen molar-refractivity contribution in [1.82, 2.24) is 0 Å². The average Bonchev–Trinajstić information content (AvgIpc) is 2.29. The topological polar surface area (TPSA) is 32.3 Å². The first-order chi connectivity index (χ1) is 8.06. The van der Waals surface area contributed by atoms with Crippen LogP contribution in [0.25, 0.3) is 0 Å². The van der Waals surface area contributed by atoms with Crippen LogP contribution < -0.4 is 5.32 Å². The summed E-state index contributed by atoms with van der Waals surface area (Å²) < 4.78 is 0. The molecule has 2 nitrogen and oxygen atoms in total. The molecule has 0 bridgehead atoms. The van der Waals surface area contributed by atoms with Crippen LogP contribution in [0, 0.1) is 6.92 Å². The number of aromatic hydroxyl groups is 1. The lowest BCUT2D eigenvalue weighted by Crippen LogP contribution is -1.91. The van der Waals surface area contributed by atoms with Gasteiger partial charge in [0.25, 0.3) is 0 Å². The average molecular weight is 268 g/mol. The monoisotopic (exact) mass is 267 g/mol. The van der Waals surface area contributed by atoms with Gasteiger partial charge in [-0.2, -0.15) is 0 Å². The van der Waals surface area contributed by atoms with Crippen molar-refractivity contribution in [3.63, 3.8) is 0 Å². The molecule has 2 aromatic carbocycles. The number of halogens is 2. The van der Waals surface area contributed by atoms with E-state index in [1.807, 2.05) is 31.2 Å². The van der Waals surface area contributed by atoms with Crippen LogP contribution in [-0.2, 0) is 0 Å². The number of benzene rings is 2. The van der Waals surface area contributed by atoms with Gasteiger partial charge in [-0.15, -0.1) is 0 Å². The highest BCUT2D eigenvalue weighted by Crippen LogP contribution is 2.34. The van der Waals surface area contributed by atoms with Gasteiger partial charge in [0.1, 0.15) is 5.75 Å². The molecule has 0 aliphatic heterocycles. The van der Waals surface area contributed by atoms with Crippen LogP contribution in [0.1, 0.15) is 5.56 Å². The fourth-order valence-electron chi connectivity index (χ4n) is 1.43. The van der Waals surface area contributed by atoms with E-state index in [9.17, 15) is 5.11 Å². The highest BCUT2D eigenvalue weighted by atomic mass is 35.5. The molecule has 0 aliphatic rings. The van der Waals surface area contributed by atoms with Gasteiger partial charge in [-0.1, -0.05) is 40.9 Å². The Morgan fingerprint density at radius 3 is 2.24 bits per heavy atom. The maximum Gasteiger partial charge on any atom is 0.140 e. The second kappa shape index (κ2) is 4.86. The summed E-state index contributed by atoms with van der Waals surface area (Å²) in [4.78, 5) is 0. The number of nitrogens with one attached hydrogen (secondary N) is 1. The number of phenolic OH excluding ortho intramolecular Hbond substituents is 1. The Kier molecular flexibility index (Phi) is 3.46. The van der Waals surface area contributed by atoms with Gasteiger partial charge < -0.3 is 10.4 Å². The van der Waals surface area contributed by atoms with Crippen LogP contribution in [-0.4, -0.2) is 5.11 Å². The van der Waals surface area contributed by atoms with E-state index in [-0.39, 0.29) is 5.75 Å². The summed E-state index contributed by atoms with van der Waals surface area (Å²) in [7, 11) is 0. The van der Waals surface area contributed by atoms with Crippen molar-refractivity contribution in [2.45, 2.75) is 6.92 Å². The maximum atomic E-state index is 9.73. The van der Waals surface area contributed by atoms with Gasteiger partial charge in [0.05, 0.1) is 15.7 Å². The molecule has 2 aromatic rings. The van der Waals surface area contributed by atoms with Gasteiger partial charge in [0.15, 0.2) is 0 Å². The Hall–Kier alpha value is -1.38. The second-order valence-corrected chi connectivity index (χ2v) is 4.59. The minimum atomic E-state index is 0.0694. The first-order valence-electron chi connectivity index (χ1n) is 5.08. The van der Waals surface area contributed by atoms with Gasteiger partial charge in [0.2, 0.25) is 0 Å². The van der Waals surface area contributed by atoms with E-state index in [2.05, 4.69) is 5.32 Å². The predicted molar refractivity (Wildman–Crippen MR) is 72.6 cm³/mol. The lowest BCUT2D eigenvalue weighted by molar-refractivity contribution is 0.478. The molecule has 4 heteroatoms. The minimum Gasteiger partial charge on any atom is -0.506 e. The predicted octanol–water partition coefficient (Wildman–Crippen LogP) is 4.75. The Bertz CT molecular complexity index is 538. The molecule has 88 valence electrons. The van der Waals surface area contributed by atoms with Crippen molar-refractivity contribution in [1.29, 1.82) is 0 Å². The van der Waals surface area contributed by atoms with Gasteiger partial charge in [0, 0.05) is 11.8 Å². The largest absolute Gasteiger partial charge is 0.506 e. The Balaban J connectivity index is 2.30. The molecule has 2 N–H and O–H groups in total. The van der Waals surface area contributed by atoms with E-state index in [0.717, 1.165) is 5.69 Å². The fraction of sp³-hybridized carbons (Fsp3) is 0.0769. The van der Waals surface area contributed by atoms with E-state index < -0.39 is 0 Å². The van der Waals surface area contributed by atoms with E-state index >= 15 is 0 Å². The molecule has 0 amide bonds. The normalized spacial score (nSPS) is 10.3. The Labute approximate surface area is 110 Å². The Morgan fingerprint density at radius 1 is 1.00 bits per heavy atom. The highest BCUT2D eigenvalue weighted by molar-refractivity contribution is 6.42. The smallest absolute Gasteiger partial charge is 0.140 e. The van der Waals surface area contributed by atoms with Crippen LogP contribution in [0.3, 0.4) is 0 Å². The van der Waals surface area contributed by atoms with E-state index in [4.69, 9.17) is 23.2 Å². The lowest BCUT2D eigenvalue weighted by atomic mass is 10.2. The number of aryl methyl sites for hydroxylation is 1. The Morgan fingerprint density at radius 2 is 1.59 bits per heavy atom. The van der Waals surface area contributed by atoms with Crippen molar-refractivity contribution in [3.05, 3.63) is 52.0 Å². The third kappa shape index (κ3) is 2.84. The first-order valence-corrected chi connectivity index (χ1v) is 5.83. The summed E-state index contributed by atoms with van der Waals surface area (Å²) >= 11 is 11.7. The van der Waals surface area contributed by atoms with Crippen molar-refractivity contribution in [2.24, 2.45) is 0 Å². The molecule has 0 saturated heterocycles. The molecule has 0 unspecified atom stereocenters. The molecule has 2 rings (SSSR count). The third-order valence-electron chi connectivity index (χ3n) is 2.37. The number of phenols is 1. The molecule has 0 heterocycles. The highest BCUT2D eigenvalue weighted by Gasteiger charge is 2.06. The van der Waals surface area contributed by atoms with Crippen molar-refractivity contribution in [3.8, 4) is 5.75 Å². The molecule has 0 fully saturated rings. The summed E-state index contributed by atoms with van der Waals surface area (Å²) in [6, 6.07) is 10.8. The van der Waals surface area contributed by atoms with Crippen molar-refractivity contribution in [2.75, 3.05) is 5.32 Å². The summed E-state index contributed by atoms with van der Waals surface area (Å²) in [5, 5.41) is 13.5. The number of hydrogen-bond acceptors (Lipinski definition) is 2. The first kappa shape index (κ1) is 12.1. The minimum absolute atomic E-state index is 0.0694. The molecular weight excluding hydrogens is 257 g/mol. The van der Waals surface area contributed by atoms with Gasteiger partial charge >= 0.3 is 0 Å². The molecule has 17 heavy (non-hydrogen) atoms. The fourth-order valence-corrected chi connectivity index (χ4v) is 1.75. The number of hydrogen-bond donors (Lipinski definition) is 2. The molecule has 0 atom stereocenters. The number of rotatable bonds is 2. The zero-order valence-corrected chi connectivity index (χ0v) is 10.7. The van der Waals surface area contributed by atoms with Crippen LogP contribution >= 0.6 is 23.2 Å². The zero-order valence-electron chi connectivity index (χ0n) is 9.17. The maximum absolute atomic E-state index is 9.73.